The number of anilines is 1. The molecule has 2 aliphatic rings. The van der Waals surface area contributed by atoms with Crippen molar-refractivity contribution in [2.75, 3.05) is 24.6 Å². The summed E-state index contributed by atoms with van der Waals surface area (Å²) in [7, 11) is 0. The SMILES string of the molecule is CCOc1ccc(N2C(=O)C(c3cccs3)=C(N3CCCCC3)C2=O)cc1. The zero-order valence-corrected chi connectivity index (χ0v) is 16.1. The molecular weight excluding hydrogens is 360 g/mol. The summed E-state index contributed by atoms with van der Waals surface area (Å²) in [4.78, 5) is 30.8. The standard InChI is InChI=1S/C21H22N2O3S/c1-2-26-16-10-8-15(9-11-16)23-20(24)18(17-7-6-14-27-17)19(21(23)25)22-12-4-3-5-13-22/h6-11,14H,2-5,12-13H2,1H3. The van der Waals surface area contributed by atoms with E-state index in [0.717, 1.165) is 36.6 Å². The minimum Gasteiger partial charge on any atom is -0.494 e. The van der Waals surface area contributed by atoms with Crippen LogP contribution < -0.4 is 9.64 Å². The average molecular weight is 382 g/mol. The maximum Gasteiger partial charge on any atom is 0.282 e. The Labute approximate surface area is 162 Å². The number of rotatable bonds is 5. The van der Waals surface area contributed by atoms with Gasteiger partial charge in [0, 0.05) is 18.0 Å². The van der Waals surface area contributed by atoms with Gasteiger partial charge in [-0.3, -0.25) is 9.59 Å². The molecular formula is C21H22N2O3S. The lowest BCUT2D eigenvalue weighted by atomic mass is 10.1. The van der Waals surface area contributed by atoms with Crippen molar-refractivity contribution in [3.05, 3.63) is 52.4 Å². The Morgan fingerprint density at radius 2 is 1.74 bits per heavy atom. The fraction of sp³-hybridized carbons (Fsp3) is 0.333. The van der Waals surface area contributed by atoms with E-state index >= 15 is 0 Å². The second-order valence-corrected chi connectivity index (χ2v) is 7.57. The highest BCUT2D eigenvalue weighted by Gasteiger charge is 2.43. The van der Waals surface area contributed by atoms with Gasteiger partial charge in [0.2, 0.25) is 0 Å². The molecule has 3 heterocycles. The fourth-order valence-corrected chi connectivity index (χ4v) is 4.43. The zero-order valence-electron chi connectivity index (χ0n) is 15.3. The monoisotopic (exact) mass is 382 g/mol. The van der Waals surface area contributed by atoms with Gasteiger partial charge >= 0.3 is 0 Å². The Hall–Kier alpha value is -2.60. The average Bonchev–Trinajstić information content (AvgIpc) is 3.30. The van der Waals surface area contributed by atoms with Gasteiger partial charge in [0.15, 0.2) is 0 Å². The maximum atomic E-state index is 13.3. The first kappa shape index (κ1) is 17.8. The molecule has 1 fully saturated rings. The van der Waals surface area contributed by atoms with Crippen molar-refractivity contribution in [1.29, 1.82) is 0 Å². The number of ether oxygens (including phenoxy) is 1. The van der Waals surface area contributed by atoms with E-state index in [1.165, 1.54) is 22.7 Å². The van der Waals surface area contributed by atoms with Crippen LogP contribution in [-0.4, -0.2) is 36.4 Å². The second-order valence-electron chi connectivity index (χ2n) is 6.62. The molecule has 2 aliphatic heterocycles. The van der Waals surface area contributed by atoms with Crippen molar-refractivity contribution in [1.82, 2.24) is 4.90 Å². The third kappa shape index (κ3) is 3.25. The van der Waals surface area contributed by atoms with E-state index < -0.39 is 0 Å². The van der Waals surface area contributed by atoms with Crippen LogP contribution in [0.2, 0.25) is 0 Å². The molecule has 0 bridgehead atoms. The Morgan fingerprint density at radius 1 is 1.00 bits per heavy atom. The van der Waals surface area contributed by atoms with Crippen LogP contribution in [-0.2, 0) is 9.59 Å². The van der Waals surface area contributed by atoms with Crippen molar-refractivity contribution in [2.45, 2.75) is 26.2 Å². The lowest BCUT2D eigenvalue weighted by Crippen LogP contribution is -2.37. The highest BCUT2D eigenvalue weighted by Crippen LogP contribution is 2.37. The quantitative estimate of drug-likeness (QED) is 0.736. The summed E-state index contributed by atoms with van der Waals surface area (Å²) in [5.41, 5.74) is 1.66. The van der Waals surface area contributed by atoms with E-state index in [-0.39, 0.29) is 11.8 Å². The first-order valence-corrected chi connectivity index (χ1v) is 10.2. The number of imide groups is 1. The molecule has 0 N–H and O–H groups in total. The third-order valence-electron chi connectivity index (χ3n) is 4.91. The van der Waals surface area contributed by atoms with Crippen molar-refractivity contribution < 1.29 is 14.3 Å². The molecule has 1 aromatic carbocycles. The van der Waals surface area contributed by atoms with Gasteiger partial charge in [-0.2, -0.15) is 0 Å². The van der Waals surface area contributed by atoms with Crippen molar-refractivity contribution >= 4 is 34.4 Å². The largest absolute Gasteiger partial charge is 0.494 e. The van der Waals surface area contributed by atoms with E-state index in [9.17, 15) is 9.59 Å². The van der Waals surface area contributed by atoms with Crippen molar-refractivity contribution in [2.24, 2.45) is 0 Å². The van der Waals surface area contributed by atoms with Crippen LogP contribution >= 0.6 is 11.3 Å². The van der Waals surface area contributed by atoms with Gasteiger partial charge in [0.25, 0.3) is 11.8 Å². The smallest absolute Gasteiger partial charge is 0.282 e. The minimum atomic E-state index is -0.243. The van der Waals surface area contributed by atoms with Crippen LogP contribution in [0.4, 0.5) is 5.69 Å². The molecule has 0 atom stereocenters. The molecule has 4 rings (SSSR count). The van der Waals surface area contributed by atoms with Gasteiger partial charge in [-0.1, -0.05) is 6.07 Å². The highest BCUT2D eigenvalue weighted by atomic mass is 32.1. The maximum absolute atomic E-state index is 13.3. The van der Waals surface area contributed by atoms with Crippen molar-refractivity contribution in [3.63, 3.8) is 0 Å². The molecule has 0 aliphatic carbocycles. The van der Waals surface area contributed by atoms with Crippen LogP contribution in [0.3, 0.4) is 0 Å². The van der Waals surface area contributed by atoms with Crippen LogP contribution in [0.15, 0.2) is 47.5 Å². The number of carbonyl (C=O) groups is 2. The van der Waals surface area contributed by atoms with E-state index in [4.69, 9.17) is 4.74 Å². The molecule has 0 saturated carbocycles. The normalized spacial score (nSPS) is 17.8. The lowest BCUT2D eigenvalue weighted by Gasteiger charge is -2.29. The number of carbonyl (C=O) groups excluding carboxylic acids is 2. The first-order valence-electron chi connectivity index (χ1n) is 9.35. The summed E-state index contributed by atoms with van der Waals surface area (Å²) < 4.78 is 5.47. The molecule has 0 unspecified atom stereocenters. The summed E-state index contributed by atoms with van der Waals surface area (Å²) in [5, 5.41) is 1.94. The number of hydrogen-bond donors (Lipinski definition) is 0. The Bertz CT molecular complexity index is 865. The van der Waals surface area contributed by atoms with Crippen LogP contribution in [0, 0.1) is 0 Å². The Kier molecular flexibility index (Phi) is 4.99. The number of nitrogens with zero attached hydrogens (tertiary/aromatic N) is 2. The van der Waals surface area contributed by atoms with E-state index in [1.54, 1.807) is 24.3 Å². The highest BCUT2D eigenvalue weighted by molar-refractivity contribution is 7.11. The van der Waals surface area contributed by atoms with Gasteiger partial charge in [0.05, 0.1) is 17.9 Å². The summed E-state index contributed by atoms with van der Waals surface area (Å²) in [6, 6.07) is 11.0. The number of hydrogen-bond acceptors (Lipinski definition) is 5. The van der Waals surface area contributed by atoms with Crippen LogP contribution in [0.1, 0.15) is 31.1 Å². The molecule has 2 amide bonds. The molecule has 0 radical (unpaired) electrons. The first-order chi connectivity index (χ1) is 13.2. The third-order valence-corrected chi connectivity index (χ3v) is 5.79. The van der Waals surface area contributed by atoms with E-state index in [0.29, 0.717) is 23.6 Å². The number of benzene rings is 1. The summed E-state index contributed by atoms with van der Waals surface area (Å²) in [6.45, 7) is 4.13. The molecule has 6 heteroatoms. The van der Waals surface area contributed by atoms with Gasteiger partial charge in [-0.05, 0) is 61.9 Å². The summed E-state index contributed by atoms with van der Waals surface area (Å²) in [5.74, 6) is 0.254. The van der Waals surface area contributed by atoms with Crippen LogP contribution in [0.25, 0.3) is 5.57 Å². The van der Waals surface area contributed by atoms with E-state index in [2.05, 4.69) is 4.90 Å². The number of thiophene rings is 1. The Balaban J connectivity index is 1.73. The summed E-state index contributed by atoms with van der Waals surface area (Å²) >= 11 is 1.50. The second kappa shape index (κ2) is 7.56. The van der Waals surface area contributed by atoms with Crippen molar-refractivity contribution in [3.8, 4) is 5.75 Å². The molecule has 140 valence electrons. The topological polar surface area (TPSA) is 49.9 Å². The number of piperidine rings is 1. The lowest BCUT2D eigenvalue weighted by molar-refractivity contribution is -0.120. The minimum absolute atomic E-state index is 0.227. The predicted octanol–water partition coefficient (Wildman–Crippen LogP) is 3.92. The molecule has 0 spiro atoms. The molecule has 27 heavy (non-hydrogen) atoms. The van der Waals surface area contributed by atoms with Gasteiger partial charge in [-0.25, -0.2) is 4.90 Å². The Morgan fingerprint density at radius 3 is 2.37 bits per heavy atom. The predicted molar refractivity (Wildman–Crippen MR) is 107 cm³/mol. The van der Waals surface area contributed by atoms with Gasteiger partial charge in [-0.15, -0.1) is 11.3 Å². The number of amides is 2. The van der Waals surface area contributed by atoms with Crippen LogP contribution in [0.5, 0.6) is 5.75 Å². The molecule has 1 saturated heterocycles. The molecule has 5 nitrogen and oxygen atoms in total. The molecule has 2 aromatic rings. The number of likely N-dealkylation sites (tertiary alicyclic amines) is 1. The molecule has 1 aromatic heterocycles. The van der Waals surface area contributed by atoms with E-state index in [1.807, 2.05) is 24.4 Å². The van der Waals surface area contributed by atoms with Gasteiger partial charge in [0.1, 0.15) is 11.4 Å². The fourth-order valence-electron chi connectivity index (χ4n) is 3.66. The summed E-state index contributed by atoms with van der Waals surface area (Å²) in [6.07, 6.45) is 3.26. The van der Waals surface area contributed by atoms with Gasteiger partial charge < -0.3 is 9.64 Å². The zero-order chi connectivity index (χ0) is 18.8.